The number of nitrogens with one attached hydrogen (secondary N) is 1. The lowest BCUT2D eigenvalue weighted by Crippen LogP contribution is -2.51. The number of imidazole rings is 1. The summed E-state index contributed by atoms with van der Waals surface area (Å²) in [6.45, 7) is 1.42. The first-order valence-corrected chi connectivity index (χ1v) is 8.21. The van der Waals surface area contributed by atoms with Crippen LogP contribution in [0.3, 0.4) is 0 Å². The molecule has 22 heavy (non-hydrogen) atoms. The Morgan fingerprint density at radius 3 is 2.82 bits per heavy atom. The van der Waals surface area contributed by atoms with Crippen LogP contribution in [0.25, 0.3) is 0 Å². The Morgan fingerprint density at radius 2 is 2.09 bits per heavy atom. The lowest BCUT2D eigenvalue weighted by atomic mass is 9.75. The van der Waals surface area contributed by atoms with Crippen LogP contribution >= 0.6 is 0 Å². The molecule has 1 saturated carbocycles. The molecule has 6 nitrogen and oxygen atoms in total. The number of carbonyl (C=O) groups excluding carboxylic acids is 2. The van der Waals surface area contributed by atoms with Crippen molar-refractivity contribution in [3.63, 3.8) is 0 Å². The average molecular weight is 304 g/mol. The van der Waals surface area contributed by atoms with Crippen LogP contribution < -0.4 is 5.73 Å². The molecule has 0 radical (unpaired) electrons. The van der Waals surface area contributed by atoms with Gasteiger partial charge in [-0.15, -0.1) is 0 Å². The van der Waals surface area contributed by atoms with Crippen LogP contribution in [0.1, 0.15) is 37.8 Å². The highest BCUT2D eigenvalue weighted by atomic mass is 16.2. The number of carbonyl (C=O) groups is 2. The summed E-state index contributed by atoms with van der Waals surface area (Å²) in [7, 11) is 0. The number of ketones is 1. The summed E-state index contributed by atoms with van der Waals surface area (Å²) in [5.41, 5.74) is 6.60. The first kappa shape index (κ1) is 15.2. The monoisotopic (exact) mass is 304 g/mol. The minimum absolute atomic E-state index is 0.300. The van der Waals surface area contributed by atoms with Gasteiger partial charge in [-0.3, -0.25) is 9.59 Å². The van der Waals surface area contributed by atoms with E-state index in [4.69, 9.17) is 5.73 Å². The summed E-state index contributed by atoms with van der Waals surface area (Å²) in [4.78, 5) is 33.3. The molecule has 1 aliphatic heterocycles. The standard InChI is InChI=1S/C16H24N4O2/c17-14(7-13-8-18-10-19-13)15(21)16(22)20-6-5-11-3-1-2-4-12(11)9-20/h8,10-12,14H,1-7,9,17H2,(H,18,19)/t11?,12?,14-/m0/s1. The van der Waals surface area contributed by atoms with Crippen LogP contribution in [0.2, 0.25) is 0 Å². The molecule has 2 fully saturated rings. The summed E-state index contributed by atoms with van der Waals surface area (Å²) in [6, 6.07) is -0.806. The SMILES string of the molecule is N[C@@H](Cc1c[nH]cn1)C(=O)C(=O)N1CCC2CCCCC2C1. The number of Topliss-reactive ketones (excluding diaryl/α,β-unsaturated/α-hetero) is 1. The lowest BCUT2D eigenvalue weighted by molar-refractivity contribution is -0.147. The second kappa shape index (κ2) is 6.60. The van der Waals surface area contributed by atoms with Gasteiger partial charge in [-0.1, -0.05) is 19.3 Å². The van der Waals surface area contributed by atoms with Crippen LogP contribution in [0, 0.1) is 11.8 Å². The Hall–Kier alpha value is -1.69. The smallest absolute Gasteiger partial charge is 0.291 e. The van der Waals surface area contributed by atoms with Gasteiger partial charge in [0.25, 0.3) is 5.91 Å². The molecule has 2 aliphatic rings. The van der Waals surface area contributed by atoms with Crippen molar-refractivity contribution in [3.05, 3.63) is 18.2 Å². The van der Waals surface area contributed by atoms with E-state index in [1.165, 1.54) is 25.7 Å². The number of H-pyrrole nitrogens is 1. The molecule has 120 valence electrons. The van der Waals surface area contributed by atoms with Gasteiger partial charge in [0.1, 0.15) is 0 Å². The first-order valence-electron chi connectivity index (χ1n) is 8.21. The molecular weight excluding hydrogens is 280 g/mol. The molecule has 0 aromatic carbocycles. The zero-order valence-electron chi connectivity index (χ0n) is 12.8. The fraction of sp³-hybridized carbons (Fsp3) is 0.688. The number of fused-ring (bicyclic) bond motifs is 1. The molecule has 3 N–H and O–H groups in total. The molecule has 0 bridgehead atoms. The van der Waals surface area contributed by atoms with E-state index in [9.17, 15) is 9.59 Å². The van der Waals surface area contributed by atoms with Crippen LogP contribution in [0.4, 0.5) is 0 Å². The van der Waals surface area contributed by atoms with Crippen molar-refractivity contribution in [1.29, 1.82) is 0 Å². The predicted octanol–water partition coefficient (Wildman–Crippen LogP) is 0.887. The number of piperidine rings is 1. The summed E-state index contributed by atoms with van der Waals surface area (Å²) in [5.74, 6) is 0.414. The zero-order valence-corrected chi connectivity index (χ0v) is 12.8. The van der Waals surface area contributed by atoms with Crippen LogP contribution in [0.5, 0.6) is 0 Å². The minimum Gasteiger partial charge on any atom is -0.351 e. The van der Waals surface area contributed by atoms with Gasteiger partial charge in [-0.25, -0.2) is 4.98 Å². The summed E-state index contributed by atoms with van der Waals surface area (Å²) >= 11 is 0. The quantitative estimate of drug-likeness (QED) is 0.808. The van der Waals surface area contributed by atoms with Gasteiger partial charge >= 0.3 is 0 Å². The molecule has 2 unspecified atom stereocenters. The second-order valence-corrected chi connectivity index (χ2v) is 6.58. The third-order valence-electron chi connectivity index (χ3n) is 5.11. The van der Waals surface area contributed by atoms with E-state index >= 15 is 0 Å². The number of nitrogens with two attached hydrogens (primary N) is 1. The second-order valence-electron chi connectivity index (χ2n) is 6.58. The number of rotatable bonds is 4. The molecule has 1 aromatic rings. The van der Waals surface area contributed by atoms with Crippen molar-refractivity contribution in [3.8, 4) is 0 Å². The van der Waals surface area contributed by atoms with Crippen molar-refractivity contribution in [2.24, 2.45) is 17.6 Å². The van der Waals surface area contributed by atoms with Crippen LogP contribution in [0.15, 0.2) is 12.5 Å². The Morgan fingerprint density at radius 1 is 1.32 bits per heavy atom. The molecule has 1 amide bonds. The Labute approximate surface area is 130 Å². The van der Waals surface area contributed by atoms with Gasteiger partial charge in [0, 0.05) is 25.7 Å². The number of aromatic nitrogens is 2. The maximum atomic E-state index is 12.4. The highest BCUT2D eigenvalue weighted by Crippen LogP contribution is 2.36. The number of nitrogens with zero attached hydrogens (tertiary/aromatic N) is 2. The molecule has 1 aromatic heterocycles. The molecular formula is C16H24N4O2. The van der Waals surface area contributed by atoms with Gasteiger partial charge in [0.15, 0.2) is 0 Å². The van der Waals surface area contributed by atoms with Gasteiger partial charge in [-0.05, 0) is 24.7 Å². The third kappa shape index (κ3) is 3.21. The van der Waals surface area contributed by atoms with E-state index in [0.717, 1.165) is 18.9 Å². The van der Waals surface area contributed by atoms with Crippen molar-refractivity contribution >= 4 is 11.7 Å². The summed E-state index contributed by atoms with van der Waals surface area (Å²) in [6.07, 6.45) is 9.58. The largest absolute Gasteiger partial charge is 0.351 e. The summed E-state index contributed by atoms with van der Waals surface area (Å²) in [5, 5.41) is 0. The lowest BCUT2D eigenvalue weighted by Gasteiger charge is -2.41. The van der Waals surface area contributed by atoms with Crippen LogP contribution in [-0.4, -0.2) is 45.7 Å². The Balaban J connectivity index is 1.57. The molecule has 1 saturated heterocycles. The fourth-order valence-corrected chi connectivity index (χ4v) is 3.82. The van der Waals surface area contributed by atoms with Crippen molar-refractivity contribution in [2.45, 2.75) is 44.6 Å². The molecule has 0 spiro atoms. The third-order valence-corrected chi connectivity index (χ3v) is 5.11. The average Bonchev–Trinajstić information content (AvgIpc) is 3.06. The number of hydrogen-bond acceptors (Lipinski definition) is 4. The van der Waals surface area contributed by atoms with E-state index in [1.807, 2.05) is 0 Å². The highest BCUT2D eigenvalue weighted by molar-refractivity contribution is 6.38. The Bertz CT molecular complexity index is 528. The molecule has 3 rings (SSSR count). The zero-order chi connectivity index (χ0) is 15.5. The topological polar surface area (TPSA) is 92.1 Å². The maximum absolute atomic E-state index is 12.4. The van der Waals surface area contributed by atoms with Crippen molar-refractivity contribution < 1.29 is 9.59 Å². The van der Waals surface area contributed by atoms with E-state index < -0.39 is 17.7 Å². The number of hydrogen-bond donors (Lipinski definition) is 2. The maximum Gasteiger partial charge on any atom is 0.291 e. The number of amides is 1. The molecule has 6 heteroatoms. The number of likely N-dealkylation sites (tertiary alicyclic amines) is 1. The normalized spacial score (nSPS) is 26.3. The predicted molar refractivity (Wildman–Crippen MR) is 81.9 cm³/mol. The van der Waals surface area contributed by atoms with Crippen LogP contribution in [-0.2, 0) is 16.0 Å². The van der Waals surface area contributed by atoms with Gasteiger partial charge in [-0.2, -0.15) is 0 Å². The highest BCUT2D eigenvalue weighted by Gasteiger charge is 2.36. The minimum atomic E-state index is -0.806. The Kier molecular flexibility index (Phi) is 4.57. The van der Waals surface area contributed by atoms with Crippen molar-refractivity contribution in [2.75, 3.05) is 13.1 Å². The van der Waals surface area contributed by atoms with E-state index in [-0.39, 0.29) is 0 Å². The van der Waals surface area contributed by atoms with Crippen molar-refractivity contribution in [1.82, 2.24) is 14.9 Å². The molecule has 3 atom stereocenters. The number of aromatic amines is 1. The molecule has 2 heterocycles. The van der Waals surface area contributed by atoms with Gasteiger partial charge < -0.3 is 15.6 Å². The first-order chi connectivity index (χ1) is 10.6. The summed E-state index contributed by atoms with van der Waals surface area (Å²) < 4.78 is 0. The fourth-order valence-electron chi connectivity index (χ4n) is 3.82. The van der Waals surface area contributed by atoms with Gasteiger partial charge in [0.05, 0.1) is 18.1 Å². The van der Waals surface area contributed by atoms with E-state index in [2.05, 4.69) is 9.97 Å². The van der Waals surface area contributed by atoms with E-state index in [1.54, 1.807) is 17.4 Å². The van der Waals surface area contributed by atoms with Gasteiger partial charge in [0.2, 0.25) is 5.78 Å². The van der Waals surface area contributed by atoms with E-state index in [0.29, 0.717) is 24.6 Å². The molecule has 1 aliphatic carbocycles.